The van der Waals surface area contributed by atoms with Gasteiger partial charge in [-0.25, -0.2) is 8.42 Å². The van der Waals surface area contributed by atoms with E-state index < -0.39 is 10.0 Å². The number of rotatable bonds is 3. The van der Waals surface area contributed by atoms with Crippen molar-refractivity contribution in [3.05, 3.63) is 29.8 Å². The highest BCUT2D eigenvalue weighted by atomic mass is 32.2. The summed E-state index contributed by atoms with van der Waals surface area (Å²) in [5.74, 6) is 3.24. The van der Waals surface area contributed by atoms with Crippen molar-refractivity contribution in [1.82, 2.24) is 9.21 Å². The number of nitrogens with zero attached hydrogens (tertiary/aromatic N) is 3. The average molecular weight is 414 g/mol. The van der Waals surface area contributed by atoms with E-state index in [9.17, 15) is 13.2 Å². The second kappa shape index (κ2) is 7.10. The summed E-state index contributed by atoms with van der Waals surface area (Å²) in [5, 5.41) is 8.90. The quantitative estimate of drug-likeness (QED) is 0.762. The Hall–Kier alpha value is -1.91. The molecule has 154 valence electrons. The second-order valence-corrected chi connectivity index (χ2v) is 11.3. The van der Waals surface area contributed by atoms with Crippen molar-refractivity contribution in [2.45, 2.75) is 37.0 Å². The third-order valence-electron chi connectivity index (χ3n) is 7.68. The van der Waals surface area contributed by atoms with E-state index in [4.69, 9.17) is 5.26 Å². The molecule has 0 spiro atoms. The molecule has 1 aliphatic heterocycles. The Labute approximate surface area is 172 Å². The van der Waals surface area contributed by atoms with E-state index in [1.54, 1.807) is 0 Å². The molecule has 4 saturated carbocycles. The smallest absolute Gasteiger partial charge is 0.243 e. The van der Waals surface area contributed by atoms with Crippen LogP contribution in [0.1, 0.15) is 37.7 Å². The van der Waals surface area contributed by atoms with Crippen LogP contribution in [0.4, 0.5) is 0 Å². The molecular formula is C22H27N3O3S. The van der Waals surface area contributed by atoms with Crippen molar-refractivity contribution < 1.29 is 13.2 Å². The van der Waals surface area contributed by atoms with Gasteiger partial charge in [-0.3, -0.25) is 4.79 Å². The van der Waals surface area contributed by atoms with Gasteiger partial charge < -0.3 is 4.90 Å². The minimum absolute atomic E-state index is 0.171. The van der Waals surface area contributed by atoms with Gasteiger partial charge >= 0.3 is 0 Å². The largest absolute Gasteiger partial charge is 0.340 e. The Morgan fingerprint density at radius 3 is 1.97 bits per heavy atom. The lowest BCUT2D eigenvalue weighted by atomic mass is 9.51. The van der Waals surface area contributed by atoms with E-state index in [1.165, 1.54) is 60.7 Å². The van der Waals surface area contributed by atoms with Crippen molar-refractivity contribution in [3.63, 3.8) is 0 Å². The fraction of sp³-hybridized carbons (Fsp3) is 0.636. The summed E-state index contributed by atoms with van der Waals surface area (Å²) >= 11 is 0. The first-order valence-electron chi connectivity index (χ1n) is 10.7. The SMILES string of the molecule is N#Cc1ccc(S(=O)(=O)N2CCN(C(=O)C3C4CC5CC(C4)CC3C5)CC2)cc1. The molecule has 1 saturated heterocycles. The van der Waals surface area contributed by atoms with Crippen LogP contribution in [0.5, 0.6) is 0 Å². The summed E-state index contributed by atoms with van der Waals surface area (Å²) in [6.07, 6.45) is 6.25. The molecule has 0 atom stereocenters. The van der Waals surface area contributed by atoms with Crippen LogP contribution in [-0.2, 0) is 14.8 Å². The van der Waals surface area contributed by atoms with E-state index in [-0.39, 0.29) is 16.7 Å². The van der Waals surface area contributed by atoms with Crippen LogP contribution in [0.2, 0.25) is 0 Å². The van der Waals surface area contributed by atoms with Crippen LogP contribution in [0.15, 0.2) is 29.2 Å². The van der Waals surface area contributed by atoms with E-state index in [0.717, 1.165) is 11.8 Å². The summed E-state index contributed by atoms with van der Waals surface area (Å²) in [5.41, 5.74) is 0.440. The number of nitriles is 1. The molecule has 1 aromatic carbocycles. The van der Waals surface area contributed by atoms with Crippen LogP contribution >= 0.6 is 0 Å². The molecule has 5 aliphatic rings. The number of carbonyl (C=O) groups excluding carboxylic acids is 1. The Kier molecular flexibility index (Phi) is 4.67. The molecule has 6 nitrogen and oxygen atoms in total. The van der Waals surface area contributed by atoms with Crippen LogP contribution in [0.3, 0.4) is 0 Å². The highest BCUT2D eigenvalue weighted by Gasteiger charge is 2.51. The topological polar surface area (TPSA) is 81.5 Å². The Bertz CT molecular complexity index is 915. The second-order valence-electron chi connectivity index (χ2n) is 9.32. The van der Waals surface area contributed by atoms with Gasteiger partial charge in [0.2, 0.25) is 15.9 Å². The van der Waals surface area contributed by atoms with Gasteiger partial charge in [-0.1, -0.05) is 0 Å². The average Bonchev–Trinajstić information content (AvgIpc) is 2.73. The van der Waals surface area contributed by atoms with Crippen molar-refractivity contribution in [3.8, 4) is 6.07 Å². The highest BCUT2D eigenvalue weighted by molar-refractivity contribution is 7.89. The van der Waals surface area contributed by atoms with Crippen LogP contribution in [-0.4, -0.2) is 49.7 Å². The van der Waals surface area contributed by atoms with Gasteiger partial charge in [0.25, 0.3) is 0 Å². The molecule has 1 amide bonds. The highest BCUT2D eigenvalue weighted by Crippen LogP contribution is 2.56. The molecule has 29 heavy (non-hydrogen) atoms. The number of sulfonamides is 1. The summed E-state index contributed by atoms with van der Waals surface area (Å²) in [6.45, 7) is 1.61. The number of piperazine rings is 1. The lowest BCUT2D eigenvalue weighted by Gasteiger charge is -2.54. The van der Waals surface area contributed by atoms with Crippen LogP contribution in [0.25, 0.3) is 0 Å². The Morgan fingerprint density at radius 1 is 0.897 bits per heavy atom. The normalized spacial score (nSPS) is 34.2. The van der Waals surface area contributed by atoms with E-state index in [2.05, 4.69) is 0 Å². The van der Waals surface area contributed by atoms with Gasteiger partial charge in [-0.2, -0.15) is 9.57 Å². The molecule has 6 rings (SSSR count). The maximum absolute atomic E-state index is 13.3. The Morgan fingerprint density at radius 2 is 1.45 bits per heavy atom. The van der Waals surface area contributed by atoms with Gasteiger partial charge in [0.1, 0.15) is 0 Å². The number of amides is 1. The van der Waals surface area contributed by atoms with Crippen molar-refractivity contribution in [2.75, 3.05) is 26.2 Å². The first-order valence-corrected chi connectivity index (χ1v) is 12.2. The molecule has 4 aliphatic carbocycles. The zero-order valence-electron chi connectivity index (χ0n) is 16.5. The van der Waals surface area contributed by atoms with Gasteiger partial charge in [0.05, 0.1) is 16.5 Å². The fourth-order valence-electron chi connectivity index (χ4n) is 6.54. The maximum Gasteiger partial charge on any atom is 0.243 e. The molecule has 0 unspecified atom stereocenters. The summed E-state index contributed by atoms with van der Waals surface area (Å²) < 4.78 is 27.3. The van der Waals surface area contributed by atoms with Gasteiger partial charge in [0.15, 0.2) is 0 Å². The standard InChI is InChI=1S/C22H27N3O3S/c23-14-15-1-3-20(4-2-15)29(27,28)25-7-5-24(6-8-25)22(26)21-18-10-16-9-17(12-18)13-19(21)11-16/h1-4,16-19,21H,5-13H2. The molecule has 1 heterocycles. The molecule has 1 aromatic rings. The van der Waals surface area contributed by atoms with Crippen LogP contribution < -0.4 is 0 Å². The lowest BCUT2D eigenvalue weighted by Crippen LogP contribution is -2.56. The van der Waals surface area contributed by atoms with Gasteiger partial charge in [-0.05, 0) is 80.0 Å². The van der Waals surface area contributed by atoms with Crippen LogP contribution in [0, 0.1) is 40.9 Å². The monoisotopic (exact) mass is 413 g/mol. The zero-order chi connectivity index (χ0) is 20.2. The lowest BCUT2D eigenvalue weighted by molar-refractivity contribution is -0.150. The van der Waals surface area contributed by atoms with E-state index >= 15 is 0 Å². The van der Waals surface area contributed by atoms with Crippen molar-refractivity contribution in [1.29, 1.82) is 5.26 Å². The minimum atomic E-state index is -3.59. The van der Waals surface area contributed by atoms with Crippen molar-refractivity contribution in [2.24, 2.45) is 29.6 Å². The summed E-state index contributed by atoms with van der Waals surface area (Å²) in [6, 6.07) is 8.03. The molecule has 7 heteroatoms. The van der Waals surface area contributed by atoms with Crippen molar-refractivity contribution >= 4 is 15.9 Å². The van der Waals surface area contributed by atoms with Gasteiger partial charge in [-0.15, -0.1) is 0 Å². The summed E-state index contributed by atoms with van der Waals surface area (Å²) in [7, 11) is -3.59. The molecule has 0 aromatic heterocycles. The first kappa shape index (κ1) is 19.1. The third-order valence-corrected chi connectivity index (χ3v) is 9.60. The summed E-state index contributed by atoms with van der Waals surface area (Å²) in [4.78, 5) is 15.4. The number of benzene rings is 1. The molecule has 0 N–H and O–H groups in total. The Balaban J connectivity index is 1.24. The van der Waals surface area contributed by atoms with Gasteiger partial charge in [0, 0.05) is 32.1 Å². The van der Waals surface area contributed by atoms with E-state index in [0.29, 0.717) is 43.6 Å². The predicted octanol–water partition coefficient (Wildman–Crippen LogP) is 2.46. The third kappa shape index (κ3) is 3.27. The molecule has 4 bridgehead atoms. The number of hydrogen-bond acceptors (Lipinski definition) is 4. The molecular weight excluding hydrogens is 386 g/mol. The first-order chi connectivity index (χ1) is 14.0. The molecule has 0 radical (unpaired) electrons. The number of hydrogen-bond donors (Lipinski definition) is 0. The fourth-order valence-corrected chi connectivity index (χ4v) is 7.96. The maximum atomic E-state index is 13.3. The predicted molar refractivity (Wildman–Crippen MR) is 107 cm³/mol. The van der Waals surface area contributed by atoms with E-state index in [1.807, 2.05) is 11.0 Å². The molecule has 5 fully saturated rings. The number of carbonyl (C=O) groups is 1. The minimum Gasteiger partial charge on any atom is -0.340 e. The zero-order valence-corrected chi connectivity index (χ0v) is 17.4.